The minimum absolute atomic E-state index is 0.0972. The Labute approximate surface area is 98.1 Å². The van der Waals surface area contributed by atoms with Gasteiger partial charge in [0.1, 0.15) is 0 Å². The highest BCUT2D eigenvalue weighted by atomic mass is 16.2. The first-order chi connectivity index (χ1) is 7.36. The molecule has 0 fully saturated rings. The number of rotatable bonds is 2. The zero-order chi connectivity index (χ0) is 13.7. The van der Waals surface area contributed by atoms with E-state index in [-0.39, 0.29) is 11.8 Å². The maximum atomic E-state index is 10.3. The van der Waals surface area contributed by atoms with Gasteiger partial charge in [-0.15, -0.1) is 13.2 Å². The third kappa shape index (κ3) is 14.7. The predicted octanol–water partition coefficient (Wildman–Crippen LogP) is 1.42. The highest BCUT2D eigenvalue weighted by molar-refractivity contribution is 5.92. The van der Waals surface area contributed by atoms with Crippen molar-refractivity contribution >= 4 is 11.8 Å². The lowest BCUT2D eigenvalue weighted by Gasteiger charge is -1.91. The number of amides is 2. The Kier molecular flexibility index (Phi) is 16.2. The zero-order valence-electron chi connectivity index (χ0n) is 10.6. The summed E-state index contributed by atoms with van der Waals surface area (Å²) in [6.07, 6.45) is 0. The molecule has 0 atom stereocenters. The lowest BCUT2D eigenvalue weighted by atomic mass is 10.3. The quantitative estimate of drug-likeness (QED) is 0.552. The van der Waals surface area contributed by atoms with E-state index in [1.54, 1.807) is 27.9 Å². The van der Waals surface area contributed by atoms with Crippen LogP contribution in [0.3, 0.4) is 0 Å². The summed E-state index contributed by atoms with van der Waals surface area (Å²) >= 11 is 0. The molecule has 0 saturated heterocycles. The van der Waals surface area contributed by atoms with Gasteiger partial charge in [0.15, 0.2) is 0 Å². The first-order valence-corrected chi connectivity index (χ1v) is 4.62. The molecule has 0 unspecified atom stereocenters. The van der Waals surface area contributed by atoms with Gasteiger partial charge in [0.05, 0.1) is 0 Å². The molecule has 0 aliphatic rings. The second-order valence-corrected chi connectivity index (χ2v) is 2.72. The summed E-state index contributed by atoms with van der Waals surface area (Å²) < 4.78 is 0. The van der Waals surface area contributed by atoms with Gasteiger partial charge in [-0.2, -0.15) is 0 Å². The molecule has 0 aliphatic carbocycles. The summed E-state index contributed by atoms with van der Waals surface area (Å²) in [5.74, 6) is -0.194. The van der Waals surface area contributed by atoms with Crippen molar-refractivity contribution < 1.29 is 9.59 Å². The molecule has 92 valence electrons. The maximum Gasteiger partial charge on any atom is 0.246 e. The van der Waals surface area contributed by atoms with Crippen LogP contribution in [-0.4, -0.2) is 25.9 Å². The van der Waals surface area contributed by atoms with Crippen LogP contribution in [0, 0.1) is 0 Å². The molecule has 16 heavy (non-hydrogen) atoms. The van der Waals surface area contributed by atoms with Crippen LogP contribution >= 0.6 is 0 Å². The van der Waals surface area contributed by atoms with Crippen LogP contribution in [-0.2, 0) is 9.59 Å². The van der Waals surface area contributed by atoms with E-state index in [4.69, 9.17) is 0 Å². The summed E-state index contributed by atoms with van der Waals surface area (Å²) in [4.78, 5) is 20.6. The van der Waals surface area contributed by atoms with Gasteiger partial charge in [-0.25, -0.2) is 0 Å². The Morgan fingerprint density at radius 1 is 0.812 bits per heavy atom. The summed E-state index contributed by atoms with van der Waals surface area (Å²) in [7, 11) is 3.16. The fraction of sp³-hybridized carbons (Fsp3) is 0.333. The molecule has 0 aromatic rings. The molecule has 0 spiro atoms. The van der Waals surface area contributed by atoms with Crippen LogP contribution in [0.1, 0.15) is 13.8 Å². The fourth-order valence-electron chi connectivity index (χ4n) is 0.427. The summed E-state index contributed by atoms with van der Waals surface area (Å²) in [6.45, 7) is 16.2. The van der Waals surface area contributed by atoms with Crippen LogP contribution in [0.15, 0.2) is 37.5 Å². The Morgan fingerprint density at radius 2 is 1.00 bits per heavy atom. The number of carbonyl (C=O) groups excluding carboxylic acids is 2. The lowest BCUT2D eigenvalue weighted by molar-refractivity contribution is -0.117. The van der Waals surface area contributed by atoms with Crippen molar-refractivity contribution in [3.05, 3.63) is 37.5 Å². The minimum atomic E-state index is -0.0972. The molecule has 2 N–H and O–H groups in total. The normalized spacial score (nSPS) is 7.00. The molecule has 0 aromatic carbocycles. The number of hydrogen-bond donors (Lipinski definition) is 2. The number of nitrogens with one attached hydrogen (secondary N) is 2. The van der Waals surface area contributed by atoms with Crippen molar-refractivity contribution in [2.75, 3.05) is 14.1 Å². The number of hydrogen-bond acceptors (Lipinski definition) is 2. The van der Waals surface area contributed by atoms with Gasteiger partial charge in [-0.3, -0.25) is 9.59 Å². The van der Waals surface area contributed by atoms with Crippen molar-refractivity contribution in [1.82, 2.24) is 10.6 Å². The molecule has 0 aliphatic heterocycles. The van der Waals surface area contributed by atoms with E-state index in [0.29, 0.717) is 11.1 Å². The Balaban J connectivity index is -0.000000183. The minimum Gasteiger partial charge on any atom is -0.355 e. The smallest absolute Gasteiger partial charge is 0.246 e. The van der Waals surface area contributed by atoms with Crippen LogP contribution < -0.4 is 10.6 Å². The third-order valence-electron chi connectivity index (χ3n) is 1.23. The van der Waals surface area contributed by atoms with Gasteiger partial charge in [-0.1, -0.05) is 13.2 Å². The predicted molar refractivity (Wildman–Crippen MR) is 69.0 cm³/mol. The van der Waals surface area contributed by atoms with E-state index in [0.717, 1.165) is 0 Å². The van der Waals surface area contributed by atoms with E-state index in [2.05, 4.69) is 36.9 Å². The van der Waals surface area contributed by atoms with Crippen LogP contribution in [0.25, 0.3) is 0 Å². The van der Waals surface area contributed by atoms with E-state index < -0.39 is 0 Å². The lowest BCUT2D eigenvalue weighted by Crippen LogP contribution is -2.17. The van der Waals surface area contributed by atoms with E-state index in [1.807, 2.05) is 0 Å². The van der Waals surface area contributed by atoms with Crippen molar-refractivity contribution in [3.63, 3.8) is 0 Å². The molecule has 0 heterocycles. The molecular formula is C12H22N2O2. The molecule has 0 bridgehead atoms. The SMILES string of the molecule is C=C.C=C(C)C(=O)NC.C=C(C)C(=O)NC. The van der Waals surface area contributed by atoms with E-state index in [1.165, 1.54) is 0 Å². The topological polar surface area (TPSA) is 58.2 Å². The number of carbonyl (C=O) groups is 2. The number of likely N-dealkylation sites (N-methyl/N-ethyl adjacent to an activating group) is 2. The molecule has 0 saturated carbocycles. The Hall–Kier alpha value is -1.84. The largest absolute Gasteiger partial charge is 0.355 e. The monoisotopic (exact) mass is 226 g/mol. The second-order valence-electron chi connectivity index (χ2n) is 2.72. The molecule has 4 heteroatoms. The summed E-state index contributed by atoms with van der Waals surface area (Å²) in [5.41, 5.74) is 1.09. The molecule has 0 rings (SSSR count). The van der Waals surface area contributed by atoms with Crippen LogP contribution in [0.4, 0.5) is 0 Å². The highest BCUT2D eigenvalue weighted by Gasteiger charge is 1.93. The molecule has 0 aromatic heterocycles. The van der Waals surface area contributed by atoms with Crippen LogP contribution in [0.5, 0.6) is 0 Å². The average Bonchev–Trinajstić information content (AvgIpc) is 2.29. The third-order valence-corrected chi connectivity index (χ3v) is 1.23. The Morgan fingerprint density at radius 3 is 1.00 bits per heavy atom. The first kappa shape index (κ1) is 19.7. The standard InChI is InChI=1S/2C5H9NO.C2H4/c2*1-4(2)5(7)6-3;1-2/h2*1H2,2-3H3,(H,6,7);1-2H2. The van der Waals surface area contributed by atoms with E-state index >= 15 is 0 Å². The first-order valence-electron chi connectivity index (χ1n) is 4.62. The zero-order valence-corrected chi connectivity index (χ0v) is 10.6. The molecule has 4 nitrogen and oxygen atoms in total. The summed E-state index contributed by atoms with van der Waals surface area (Å²) in [5, 5.41) is 4.85. The average molecular weight is 226 g/mol. The second kappa shape index (κ2) is 13.2. The van der Waals surface area contributed by atoms with Crippen molar-refractivity contribution in [3.8, 4) is 0 Å². The maximum absolute atomic E-state index is 10.3. The van der Waals surface area contributed by atoms with Crippen molar-refractivity contribution in [2.45, 2.75) is 13.8 Å². The molecule has 0 radical (unpaired) electrons. The summed E-state index contributed by atoms with van der Waals surface area (Å²) in [6, 6.07) is 0. The van der Waals surface area contributed by atoms with Gasteiger partial charge >= 0.3 is 0 Å². The van der Waals surface area contributed by atoms with Gasteiger partial charge in [0.2, 0.25) is 11.8 Å². The van der Waals surface area contributed by atoms with Gasteiger partial charge in [0, 0.05) is 25.2 Å². The molecular weight excluding hydrogens is 204 g/mol. The van der Waals surface area contributed by atoms with Crippen molar-refractivity contribution in [1.29, 1.82) is 0 Å². The molecule has 2 amide bonds. The fourth-order valence-corrected chi connectivity index (χ4v) is 0.427. The van der Waals surface area contributed by atoms with Gasteiger partial charge < -0.3 is 10.6 Å². The van der Waals surface area contributed by atoms with Gasteiger partial charge in [0.25, 0.3) is 0 Å². The van der Waals surface area contributed by atoms with Crippen molar-refractivity contribution in [2.24, 2.45) is 0 Å². The highest BCUT2D eigenvalue weighted by Crippen LogP contribution is 1.82. The van der Waals surface area contributed by atoms with Gasteiger partial charge in [-0.05, 0) is 13.8 Å². The Bertz CT molecular complexity index is 232. The van der Waals surface area contributed by atoms with E-state index in [9.17, 15) is 9.59 Å². The van der Waals surface area contributed by atoms with Crippen LogP contribution in [0.2, 0.25) is 0 Å².